The number of hydrogen-bond acceptors (Lipinski definition) is 4. The lowest BCUT2D eigenvalue weighted by Crippen LogP contribution is -2.58. The molecule has 0 saturated carbocycles. The van der Waals surface area contributed by atoms with Crippen molar-refractivity contribution in [2.75, 3.05) is 26.8 Å². The predicted octanol–water partition coefficient (Wildman–Crippen LogP) is 2.49. The fraction of sp³-hybridized carbons (Fsp3) is 0.333. The van der Waals surface area contributed by atoms with Crippen LogP contribution in [0.1, 0.15) is 33.6 Å². The van der Waals surface area contributed by atoms with Crippen LogP contribution in [0.15, 0.2) is 48.5 Å². The standard InChI is InChI=1S/C21H22N2O4/c1-26-17-8-4-3-7-16(17)20(25)23-12-10-21(11-13-23)14-27-18-9-5-2-6-15(18)19(24)22-21/h2-9H,10-14H2,1H3,(H,22,24). The fourth-order valence-corrected chi connectivity index (χ4v) is 3.74. The van der Waals surface area contributed by atoms with Gasteiger partial charge in [-0.3, -0.25) is 9.59 Å². The van der Waals surface area contributed by atoms with Crippen LogP contribution in [0.25, 0.3) is 0 Å². The Hall–Kier alpha value is -3.02. The van der Waals surface area contributed by atoms with Crippen molar-refractivity contribution in [2.24, 2.45) is 0 Å². The number of rotatable bonds is 2. The van der Waals surface area contributed by atoms with E-state index in [2.05, 4.69) is 5.32 Å². The smallest absolute Gasteiger partial charge is 0.257 e. The van der Waals surface area contributed by atoms with Gasteiger partial charge in [0.15, 0.2) is 0 Å². The van der Waals surface area contributed by atoms with Gasteiger partial charge in [-0.2, -0.15) is 0 Å². The van der Waals surface area contributed by atoms with Crippen molar-refractivity contribution >= 4 is 11.8 Å². The van der Waals surface area contributed by atoms with Gasteiger partial charge in [0.05, 0.1) is 23.8 Å². The zero-order valence-electron chi connectivity index (χ0n) is 15.2. The number of benzene rings is 2. The Labute approximate surface area is 158 Å². The molecule has 6 nitrogen and oxygen atoms in total. The summed E-state index contributed by atoms with van der Waals surface area (Å²) in [5.74, 6) is 1.02. The Morgan fingerprint density at radius 3 is 2.59 bits per heavy atom. The van der Waals surface area contributed by atoms with Crippen LogP contribution in [0.3, 0.4) is 0 Å². The highest BCUT2D eigenvalue weighted by molar-refractivity contribution is 5.98. The number of nitrogens with zero attached hydrogens (tertiary/aromatic N) is 1. The van der Waals surface area contributed by atoms with Gasteiger partial charge in [0.25, 0.3) is 11.8 Å². The largest absolute Gasteiger partial charge is 0.496 e. The summed E-state index contributed by atoms with van der Waals surface area (Å²) < 4.78 is 11.2. The number of para-hydroxylation sites is 2. The number of hydrogen-bond donors (Lipinski definition) is 1. The number of carbonyl (C=O) groups excluding carboxylic acids is 2. The van der Waals surface area contributed by atoms with E-state index in [1.54, 1.807) is 25.3 Å². The highest BCUT2D eigenvalue weighted by atomic mass is 16.5. The highest BCUT2D eigenvalue weighted by Gasteiger charge is 2.40. The lowest BCUT2D eigenvalue weighted by molar-refractivity contribution is 0.0553. The van der Waals surface area contributed by atoms with Gasteiger partial charge in [-0.15, -0.1) is 0 Å². The van der Waals surface area contributed by atoms with Crippen molar-refractivity contribution in [2.45, 2.75) is 18.4 Å². The molecule has 2 heterocycles. The van der Waals surface area contributed by atoms with Gasteiger partial charge < -0.3 is 19.7 Å². The number of fused-ring (bicyclic) bond motifs is 1. The molecule has 0 aliphatic carbocycles. The number of piperidine rings is 1. The molecule has 1 spiro atoms. The summed E-state index contributed by atoms with van der Waals surface area (Å²) in [5.41, 5.74) is 0.666. The van der Waals surface area contributed by atoms with E-state index in [0.29, 0.717) is 55.2 Å². The van der Waals surface area contributed by atoms with E-state index in [4.69, 9.17) is 9.47 Å². The van der Waals surface area contributed by atoms with Gasteiger partial charge in [0.2, 0.25) is 0 Å². The van der Waals surface area contributed by atoms with Gasteiger partial charge in [-0.25, -0.2) is 0 Å². The highest BCUT2D eigenvalue weighted by Crippen LogP contribution is 2.31. The second-order valence-corrected chi connectivity index (χ2v) is 7.01. The molecular weight excluding hydrogens is 344 g/mol. The van der Waals surface area contributed by atoms with Crippen molar-refractivity contribution in [3.05, 3.63) is 59.7 Å². The SMILES string of the molecule is COc1ccccc1C(=O)N1CCC2(CC1)COc1ccccc1C(=O)N2. The first kappa shape index (κ1) is 17.4. The summed E-state index contributed by atoms with van der Waals surface area (Å²) >= 11 is 0. The molecule has 2 aliphatic heterocycles. The first-order valence-corrected chi connectivity index (χ1v) is 9.08. The zero-order valence-corrected chi connectivity index (χ0v) is 15.2. The molecule has 140 valence electrons. The average Bonchev–Trinajstić information content (AvgIpc) is 2.85. The topological polar surface area (TPSA) is 67.9 Å². The summed E-state index contributed by atoms with van der Waals surface area (Å²) in [4.78, 5) is 27.3. The van der Waals surface area contributed by atoms with Crippen LogP contribution in [0.2, 0.25) is 0 Å². The molecule has 1 fully saturated rings. The van der Waals surface area contributed by atoms with E-state index in [-0.39, 0.29) is 11.8 Å². The summed E-state index contributed by atoms with van der Waals surface area (Å²) in [6.45, 7) is 1.51. The number of nitrogens with one attached hydrogen (secondary N) is 1. The average molecular weight is 366 g/mol. The predicted molar refractivity (Wildman–Crippen MR) is 100 cm³/mol. The lowest BCUT2D eigenvalue weighted by atomic mass is 9.87. The van der Waals surface area contributed by atoms with Crippen molar-refractivity contribution in [1.29, 1.82) is 0 Å². The van der Waals surface area contributed by atoms with Gasteiger partial charge in [-0.1, -0.05) is 24.3 Å². The van der Waals surface area contributed by atoms with Crippen LogP contribution in [0.5, 0.6) is 11.5 Å². The van der Waals surface area contributed by atoms with E-state index in [1.807, 2.05) is 35.2 Å². The number of likely N-dealkylation sites (tertiary alicyclic amines) is 1. The Kier molecular flexibility index (Phi) is 4.48. The van der Waals surface area contributed by atoms with Crippen molar-refractivity contribution < 1.29 is 19.1 Å². The number of amides is 2. The molecule has 0 aromatic heterocycles. The van der Waals surface area contributed by atoms with Crippen LogP contribution in [0.4, 0.5) is 0 Å². The molecule has 1 N–H and O–H groups in total. The van der Waals surface area contributed by atoms with E-state index >= 15 is 0 Å². The van der Waals surface area contributed by atoms with E-state index in [0.717, 1.165) is 0 Å². The second kappa shape index (κ2) is 6.95. The Bertz CT molecular complexity index is 872. The molecule has 0 bridgehead atoms. The molecule has 0 radical (unpaired) electrons. The van der Waals surface area contributed by atoms with Gasteiger partial charge >= 0.3 is 0 Å². The zero-order chi connectivity index (χ0) is 18.9. The summed E-state index contributed by atoms with van der Waals surface area (Å²) in [6.07, 6.45) is 1.29. The van der Waals surface area contributed by atoms with Crippen LogP contribution in [-0.4, -0.2) is 49.1 Å². The first-order valence-electron chi connectivity index (χ1n) is 9.08. The van der Waals surface area contributed by atoms with Gasteiger partial charge in [-0.05, 0) is 37.1 Å². The summed E-state index contributed by atoms with van der Waals surface area (Å²) in [7, 11) is 1.56. The van der Waals surface area contributed by atoms with Crippen molar-refractivity contribution in [3.63, 3.8) is 0 Å². The van der Waals surface area contributed by atoms with Crippen molar-refractivity contribution in [3.8, 4) is 11.5 Å². The van der Waals surface area contributed by atoms with Crippen LogP contribution < -0.4 is 14.8 Å². The molecule has 2 aromatic carbocycles. The summed E-state index contributed by atoms with van der Waals surface area (Å²) in [6, 6.07) is 14.5. The minimum absolute atomic E-state index is 0.0496. The summed E-state index contributed by atoms with van der Waals surface area (Å²) in [5, 5.41) is 3.15. The van der Waals surface area contributed by atoms with E-state index < -0.39 is 5.54 Å². The molecule has 1 saturated heterocycles. The molecular formula is C21H22N2O4. The van der Waals surface area contributed by atoms with Crippen LogP contribution >= 0.6 is 0 Å². The third kappa shape index (κ3) is 3.23. The quantitative estimate of drug-likeness (QED) is 0.887. The second-order valence-electron chi connectivity index (χ2n) is 7.01. The third-order valence-corrected chi connectivity index (χ3v) is 5.36. The number of ether oxygens (including phenoxy) is 2. The monoisotopic (exact) mass is 366 g/mol. The minimum Gasteiger partial charge on any atom is -0.496 e. The van der Waals surface area contributed by atoms with Gasteiger partial charge in [0, 0.05) is 13.1 Å². The number of carbonyl (C=O) groups is 2. The lowest BCUT2D eigenvalue weighted by Gasteiger charge is -2.41. The molecule has 6 heteroatoms. The minimum atomic E-state index is -0.451. The third-order valence-electron chi connectivity index (χ3n) is 5.36. The molecule has 0 atom stereocenters. The van der Waals surface area contributed by atoms with Crippen LogP contribution in [-0.2, 0) is 0 Å². The maximum Gasteiger partial charge on any atom is 0.257 e. The van der Waals surface area contributed by atoms with Crippen molar-refractivity contribution in [1.82, 2.24) is 10.2 Å². The van der Waals surface area contributed by atoms with E-state index in [9.17, 15) is 9.59 Å². The van der Waals surface area contributed by atoms with Gasteiger partial charge in [0.1, 0.15) is 18.1 Å². The Morgan fingerprint density at radius 1 is 1.11 bits per heavy atom. The Balaban J connectivity index is 1.48. The molecule has 2 aliphatic rings. The molecule has 27 heavy (non-hydrogen) atoms. The first-order chi connectivity index (χ1) is 13.1. The fourth-order valence-electron chi connectivity index (χ4n) is 3.74. The van der Waals surface area contributed by atoms with E-state index in [1.165, 1.54) is 0 Å². The maximum absolute atomic E-state index is 12.9. The normalized spacial score (nSPS) is 18.1. The number of methoxy groups -OCH3 is 1. The van der Waals surface area contributed by atoms with Crippen LogP contribution in [0, 0.1) is 0 Å². The maximum atomic E-state index is 12.9. The molecule has 2 aromatic rings. The molecule has 2 amide bonds. The Morgan fingerprint density at radius 2 is 1.81 bits per heavy atom. The molecule has 0 unspecified atom stereocenters. The molecule has 4 rings (SSSR count).